The largest absolute Gasteiger partial charge is 0.450 e. The van der Waals surface area contributed by atoms with Crippen molar-refractivity contribution in [3.63, 3.8) is 0 Å². The van der Waals surface area contributed by atoms with Gasteiger partial charge in [-0.05, 0) is 31.2 Å². The summed E-state index contributed by atoms with van der Waals surface area (Å²) in [5, 5.41) is 9.36. The first-order valence-corrected chi connectivity index (χ1v) is 9.08. The third-order valence-electron chi connectivity index (χ3n) is 4.65. The number of aromatic nitrogens is 2. The number of piperazine rings is 1. The van der Waals surface area contributed by atoms with E-state index >= 15 is 0 Å². The van der Waals surface area contributed by atoms with Crippen LogP contribution in [-0.2, 0) is 0 Å². The Bertz CT molecular complexity index is 891. The molecule has 2 aliphatic rings. The zero-order valence-corrected chi connectivity index (χ0v) is 14.9. The zero-order chi connectivity index (χ0) is 18.6. The lowest BCUT2D eigenvalue weighted by molar-refractivity contribution is 0.0951. The molecular weight excluding hydrogens is 348 g/mol. The molecule has 0 aliphatic carbocycles. The number of nitrogens with zero attached hydrogens (tertiary/aromatic N) is 2. The molecule has 2 aliphatic heterocycles. The molecule has 1 saturated heterocycles. The molecule has 1 aromatic heterocycles. The van der Waals surface area contributed by atoms with Gasteiger partial charge in [-0.15, -0.1) is 0 Å². The normalized spacial score (nSPS) is 15.9. The molecule has 0 atom stereocenters. The lowest BCUT2D eigenvalue weighted by atomic mass is 10.1. The van der Waals surface area contributed by atoms with Crippen LogP contribution in [0.4, 0.5) is 11.5 Å². The summed E-state index contributed by atoms with van der Waals surface area (Å²) in [7, 11) is 0. The summed E-state index contributed by atoms with van der Waals surface area (Å²) in [5.74, 6) is 1.31. The first kappa shape index (κ1) is 17.5. The number of carbonyl (C=O) groups excluding carboxylic acids is 1. The summed E-state index contributed by atoms with van der Waals surface area (Å²) in [4.78, 5) is 32.4. The van der Waals surface area contributed by atoms with Crippen LogP contribution in [0, 0.1) is 0 Å². The van der Waals surface area contributed by atoms with Gasteiger partial charge in [0.25, 0.3) is 5.91 Å². The number of carbonyl (C=O) groups is 1. The second-order valence-electron chi connectivity index (χ2n) is 6.57. The molecule has 142 valence electrons. The quantitative estimate of drug-likeness (QED) is 0.488. The van der Waals surface area contributed by atoms with Crippen molar-refractivity contribution in [3.8, 4) is 11.5 Å². The monoisotopic (exact) mass is 370 g/mol. The summed E-state index contributed by atoms with van der Waals surface area (Å²) in [6, 6.07) is 5.16. The van der Waals surface area contributed by atoms with Gasteiger partial charge < -0.3 is 25.6 Å². The first-order chi connectivity index (χ1) is 13.2. The standard InChI is InChI=1S/C18H22N6O3/c25-17(20-4-1-7-24-8-5-19-6-9-24)12-2-3-14-13(10-12)22-16-15(27-14)11-21-18(26)23-16/h2-3,10-11,19H,1,4-9H2,(H,20,25)(H2,21,22,23,26). The molecule has 9 nitrogen and oxygen atoms in total. The maximum Gasteiger partial charge on any atom is 0.346 e. The highest BCUT2D eigenvalue weighted by molar-refractivity contribution is 5.96. The third kappa shape index (κ3) is 4.09. The summed E-state index contributed by atoms with van der Waals surface area (Å²) in [6.45, 7) is 5.79. The first-order valence-electron chi connectivity index (χ1n) is 9.08. The second-order valence-corrected chi connectivity index (χ2v) is 6.57. The molecule has 0 bridgehead atoms. The maximum absolute atomic E-state index is 12.4. The molecule has 0 radical (unpaired) electrons. The van der Waals surface area contributed by atoms with E-state index in [2.05, 4.69) is 30.8 Å². The van der Waals surface area contributed by atoms with Gasteiger partial charge in [-0.25, -0.2) is 4.79 Å². The van der Waals surface area contributed by atoms with Crippen LogP contribution in [0.5, 0.6) is 11.5 Å². The van der Waals surface area contributed by atoms with E-state index in [1.54, 1.807) is 18.2 Å². The number of benzene rings is 1. The minimum absolute atomic E-state index is 0.131. The van der Waals surface area contributed by atoms with E-state index in [0.717, 1.165) is 39.1 Å². The molecule has 1 aromatic carbocycles. The average molecular weight is 370 g/mol. The number of anilines is 2. The minimum atomic E-state index is -0.466. The van der Waals surface area contributed by atoms with Gasteiger partial charge in [0.15, 0.2) is 17.3 Å². The van der Waals surface area contributed by atoms with E-state index in [9.17, 15) is 9.59 Å². The highest BCUT2D eigenvalue weighted by Crippen LogP contribution is 2.39. The molecule has 4 N–H and O–H groups in total. The molecular formula is C18H22N6O3. The Morgan fingerprint density at radius 1 is 1.26 bits per heavy atom. The van der Waals surface area contributed by atoms with Crippen molar-refractivity contribution in [1.29, 1.82) is 0 Å². The molecule has 1 fully saturated rings. The fourth-order valence-corrected chi connectivity index (χ4v) is 3.21. The van der Waals surface area contributed by atoms with Gasteiger partial charge >= 0.3 is 5.69 Å². The van der Waals surface area contributed by atoms with Gasteiger partial charge in [0.2, 0.25) is 0 Å². The summed E-state index contributed by atoms with van der Waals surface area (Å²) < 4.78 is 5.70. The minimum Gasteiger partial charge on any atom is -0.450 e. The molecule has 1 amide bonds. The van der Waals surface area contributed by atoms with Crippen LogP contribution in [0.25, 0.3) is 0 Å². The Morgan fingerprint density at radius 2 is 2.11 bits per heavy atom. The van der Waals surface area contributed by atoms with E-state index in [1.807, 2.05) is 0 Å². The number of fused-ring (bicyclic) bond motifs is 2. The van der Waals surface area contributed by atoms with Crippen molar-refractivity contribution in [3.05, 3.63) is 40.4 Å². The fourth-order valence-electron chi connectivity index (χ4n) is 3.21. The number of amides is 1. The SMILES string of the molecule is O=C(NCCCN1CCNCC1)c1ccc2c(c1)Nc1[nH]c(=O)ncc1O2. The predicted molar refractivity (Wildman–Crippen MR) is 101 cm³/mol. The molecule has 27 heavy (non-hydrogen) atoms. The Kier molecular flexibility index (Phi) is 5.03. The summed E-state index contributed by atoms with van der Waals surface area (Å²) in [6.07, 6.45) is 2.28. The number of hydrogen-bond acceptors (Lipinski definition) is 7. The number of aromatic amines is 1. The molecule has 9 heteroatoms. The van der Waals surface area contributed by atoms with Crippen LogP contribution in [0.1, 0.15) is 16.8 Å². The Morgan fingerprint density at radius 3 is 2.96 bits per heavy atom. The highest BCUT2D eigenvalue weighted by atomic mass is 16.5. The van der Waals surface area contributed by atoms with Gasteiger partial charge in [0, 0.05) is 38.3 Å². The van der Waals surface area contributed by atoms with Crippen LogP contribution in [0.3, 0.4) is 0 Å². The highest BCUT2D eigenvalue weighted by Gasteiger charge is 2.19. The van der Waals surface area contributed by atoms with Crippen LogP contribution in [0.2, 0.25) is 0 Å². The van der Waals surface area contributed by atoms with Gasteiger partial charge in [-0.3, -0.25) is 9.78 Å². The maximum atomic E-state index is 12.4. The fraction of sp³-hybridized carbons (Fsp3) is 0.389. The lowest BCUT2D eigenvalue weighted by Gasteiger charge is -2.27. The van der Waals surface area contributed by atoms with Gasteiger partial charge in [0.1, 0.15) is 0 Å². The number of hydrogen-bond donors (Lipinski definition) is 4. The van der Waals surface area contributed by atoms with Crippen LogP contribution in [0.15, 0.2) is 29.2 Å². The van der Waals surface area contributed by atoms with Crippen molar-refractivity contribution in [2.45, 2.75) is 6.42 Å². The van der Waals surface area contributed by atoms with Crippen molar-refractivity contribution in [1.82, 2.24) is 25.5 Å². The van der Waals surface area contributed by atoms with Crippen molar-refractivity contribution >= 4 is 17.4 Å². The molecule has 2 aromatic rings. The smallest absolute Gasteiger partial charge is 0.346 e. The van der Waals surface area contributed by atoms with Crippen molar-refractivity contribution < 1.29 is 9.53 Å². The van der Waals surface area contributed by atoms with Crippen LogP contribution in [-0.4, -0.2) is 60.0 Å². The third-order valence-corrected chi connectivity index (χ3v) is 4.65. The van der Waals surface area contributed by atoms with Crippen molar-refractivity contribution in [2.24, 2.45) is 0 Å². The van der Waals surface area contributed by atoms with Crippen molar-refractivity contribution in [2.75, 3.05) is 44.6 Å². The molecule has 0 spiro atoms. The number of ether oxygens (including phenoxy) is 1. The molecule has 4 rings (SSSR count). The zero-order valence-electron chi connectivity index (χ0n) is 14.9. The lowest BCUT2D eigenvalue weighted by Crippen LogP contribution is -2.44. The number of rotatable bonds is 5. The number of H-pyrrole nitrogens is 1. The van der Waals surface area contributed by atoms with Gasteiger partial charge in [0.05, 0.1) is 11.9 Å². The van der Waals surface area contributed by atoms with E-state index in [1.165, 1.54) is 6.20 Å². The van der Waals surface area contributed by atoms with E-state index in [0.29, 0.717) is 35.1 Å². The van der Waals surface area contributed by atoms with E-state index in [-0.39, 0.29) is 5.91 Å². The number of nitrogens with one attached hydrogen (secondary N) is 4. The second kappa shape index (κ2) is 7.77. The Hall–Kier alpha value is -2.91. The van der Waals surface area contributed by atoms with E-state index < -0.39 is 5.69 Å². The topological polar surface area (TPSA) is 111 Å². The van der Waals surface area contributed by atoms with Crippen LogP contribution >= 0.6 is 0 Å². The average Bonchev–Trinajstić information content (AvgIpc) is 2.70. The molecule has 3 heterocycles. The summed E-state index contributed by atoms with van der Waals surface area (Å²) >= 11 is 0. The Balaban J connectivity index is 1.34. The predicted octanol–water partition coefficient (Wildman–Crippen LogP) is 0.644. The van der Waals surface area contributed by atoms with E-state index in [4.69, 9.17) is 4.74 Å². The molecule has 0 saturated carbocycles. The Labute approximate surface area is 156 Å². The van der Waals surface area contributed by atoms with Gasteiger partial charge in [-0.2, -0.15) is 4.98 Å². The molecule has 0 unspecified atom stereocenters. The van der Waals surface area contributed by atoms with Crippen LogP contribution < -0.4 is 26.4 Å². The van der Waals surface area contributed by atoms with Gasteiger partial charge in [-0.1, -0.05) is 0 Å². The summed E-state index contributed by atoms with van der Waals surface area (Å²) in [5.41, 5.74) is 0.691.